The molecule has 0 spiro atoms. The summed E-state index contributed by atoms with van der Waals surface area (Å²) in [6.45, 7) is 7.76. The van der Waals surface area contributed by atoms with E-state index >= 15 is 0 Å². The van der Waals surface area contributed by atoms with Crippen molar-refractivity contribution in [1.29, 1.82) is 0 Å². The summed E-state index contributed by atoms with van der Waals surface area (Å²) < 4.78 is 3.86. The fourth-order valence-corrected chi connectivity index (χ4v) is 3.26. The highest BCUT2D eigenvalue weighted by Crippen LogP contribution is 2.28. The molecule has 0 aliphatic heterocycles. The number of carbonyl (C=O) groups excluding carboxylic acids is 1. The monoisotopic (exact) mass is 371 g/mol. The number of amides is 1. The SMILES string of the molecule is CCN(CC)Cc1ccc(CNC(=O)c2snc(Cl)c2Cl)cc1. The molecule has 1 amide bonds. The van der Waals surface area contributed by atoms with E-state index in [0.29, 0.717) is 11.4 Å². The molecule has 124 valence electrons. The van der Waals surface area contributed by atoms with Crippen molar-refractivity contribution >= 4 is 40.6 Å². The average molecular weight is 372 g/mol. The Morgan fingerprint density at radius 2 is 1.78 bits per heavy atom. The molecule has 0 radical (unpaired) electrons. The Morgan fingerprint density at radius 3 is 2.30 bits per heavy atom. The van der Waals surface area contributed by atoms with Gasteiger partial charge in [0.05, 0.1) is 0 Å². The van der Waals surface area contributed by atoms with Crippen LogP contribution in [0.15, 0.2) is 24.3 Å². The van der Waals surface area contributed by atoms with E-state index in [2.05, 4.69) is 40.6 Å². The number of nitrogens with zero attached hydrogens (tertiary/aromatic N) is 2. The van der Waals surface area contributed by atoms with Crippen molar-refractivity contribution in [2.45, 2.75) is 26.9 Å². The van der Waals surface area contributed by atoms with Crippen molar-refractivity contribution in [3.63, 3.8) is 0 Å². The zero-order valence-corrected chi connectivity index (χ0v) is 15.4. The molecule has 0 saturated carbocycles. The summed E-state index contributed by atoms with van der Waals surface area (Å²) in [4.78, 5) is 14.7. The molecule has 2 aromatic rings. The van der Waals surface area contributed by atoms with E-state index in [1.807, 2.05) is 12.1 Å². The van der Waals surface area contributed by atoms with Crippen LogP contribution in [0.1, 0.15) is 34.6 Å². The lowest BCUT2D eigenvalue weighted by Crippen LogP contribution is -2.23. The Bertz CT molecular complexity index is 654. The molecule has 1 aromatic carbocycles. The van der Waals surface area contributed by atoms with Crippen LogP contribution < -0.4 is 5.32 Å². The van der Waals surface area contributed by atoms with Gasteiger partial charge in [-0.3, -0.25) is 9.69 Å². The number of nitrogens with one attached hydrogen (secondary N) is 1. The zero-order chi connectivity index (χ0) is 16.8. The van der Waals surface area contributed by atoms with E-state index in [9.17, 15) is 4.79 Å². The highest BCUT2D eigenvalue weighted by atomic mass is 35.5. The molecule has 2 rings (SSSR count). The molecule has 0 aliphatic carbocycles. The Morgan fingerprint density at radius 1 is 1.17 bits per heavy atom. The third kappa shape index (κ3) is 4.91. The van der Waals surface area contributed by atoms with Gasteiger partial charge in [0.1, 0.15) is 9.90 Å². The highest BCUT2D eigenvalue weighted by molar-refractivity contribution is 7.09. The summed E-state index contributed by atoms with van der Waals surface area (Å²) in [7, 11) is 0. The summed E-state index contributed by atoms with van der Waals surface area (Å²) in [5, 5.41) is 3.21. The first-order valence-electron chi connectivity index (χ1n) is 7.44. The predicted octanol–water partition coefficient (Wildman–Crippen LogP) is 4.22. The van der Waals surface area contributed by atoms with Crippen molar-refractivity contribution in [3.05, 3.63) is 50.4 Å². The Kier molecular flexibility index (Phi) is 6.84. The topological polar surface area (TPSA) is 45.2 Å². The third-order valence-electron chi connectivity index (χ3n) is 3.58. The minimum atomic E-state index is -0.258. The largest absolute Gasteiger partial charge is 0.347 e. The molecule has 7 heteroatoms. The van der Waals surface area contributed by atoms with Gasteiger partial charge in [-0.05, 0) is 35.7 Å². The smallest absolute Gasteiger partial charge is 0.264 e. The van der Waals surface area contributed by atoms with Gasteiger partial charge in [0.25, 0.3) is 5.91 Å². The second-order valence-corrected chi connectivity index (χ2v) is 6.59. The molecular formula is C16H19Cl2N3OS. The maximum Gasteiger partial charge on any atom is 0.264 e. The van der Waals surface area contributed by atoms with Crippen LogP contribution in [0.4, 0.5) is 0 Å². The van der Waals surface area contributed by atoms with Gasteiger partial charge in [-0.15, -0.1) is 0 Å². The van der Waals surface area contributed by atoms with Crippen LogP contribution >= 0.6 is 34.7 Å². The van der Waals surface area contributed by atoms with Crippen molar-refractivity contribution in [2.24, 2.45) is 0 Å². The molecule has 1 heterocycles. The van der Waals surface area contributed by atoms with Crippen LogP contribution in [0.3, 0.4) is 0 Å². The van der Waals surface area contributed by atoms with Crippen LogP contribution in [0.2, 0.25) is 10.2 Å². The van der Waals surface area contributed by atoms with E-state index in [-0.39, 0.29) is 16.1 Å². The van der Waals surface area contributed by atoms with Crippen molar-refractivity contribution in [2.75, 3.05) is 13.1 Å². The van der Waals surface area contributed by atoms with Crippen LogP contribution in [0, 0.1) is 0 Å². The molecule has 0 unspecified atom stereocenters. The van der Waals surface area contributed by atoms with Gasteiger partial charge in [-0.2, -0.15) is 4.37 Å². The summed E-state index contributed by atoms with van der Waals surface area (Å²) in [6, 6.07) is 8.24. The number of benzene rings is 1. The molecule has 0 atom stereocenters. The average Bonchev–Trinajstić information content (AvgIpc) is 2.91. The second kappa shape index (κ2) is 8.64. The number of aromatic nitrogens is 1. The lowest BCUT2D eigenvalue weighted by Gasteiger charge is -2.18. The zero-order valence-electron chi connectivity index (χ0n) is 13.1. The van der Waals surface area contributed by atoms with Crippen LogP contribution in [0.25, 0.3) is 0 Å². The lowest BCUT2D eigenvalue weighted by atomic mass is 10.1. The molecular weight excluding hydrogens is 353 g/mol. The Balaban J connectivity index is 1.91. The van der Waals surface area contributed by atoms with Gasteiger partial charge in [0, 0.05) is 13.1 Å². The molecule has 1 N–H and O–H groups in total. The van der Waals surface area contributed by atoms with Crippen LogP contribution in [0.5, 0.6) is 0 Å². The minimum Gasteiger partial charge on any atom is -0.347 e. The van der Waals surface area contributed by atoms with Crippen molar-refractivity contribution in [1.82, 2.24) is 14.6 Å². The quantitative estimate of drug-likeness (QED) is 0.792. The first-order valence-corrected chi connectivity index (χ1v) is 8.97. The second-order valence-electron chi connectivity index (χ2n) is 5.08. The third-order valence-corrected chi connectivity index (χ3v) is 5.38. The van der Waals surface area contributed by atoms with Gasteiger partial charge < -0.3 is 5.32 Å². The molecule has 0 fully saturated rings. The fraction of sp³-hybridized carbons (Fsp3) is 0.375. The van der Waals surface area contributed by atoms with Gasteiger partial charge in [-0.25, -0.2) is 0 Å². The Labute approximate surface area is 150 Å². The number of halogens is 2. The van der Waals surface area contributed by atoms with Crippen molar-refractivity contribution in [3.8, 4) is 0 Å². The number of hydrogen-bond acceptors (Lipinski definition) is 4. The molecule has 23 heavy (non-hydrogen) atoms. The molecule has 1 aromatic heterocycles. The maximum absolute atomic E-state index is 12.1. The number of rotatable bonds is 7. The molecule has 0 saturated heterocycles. The lowest BCUT2D eigenvalue weighted by molar-refractivity contribution is 0.0955. The molecule has 0 aliphatic rings. The number of carbonyl (C=O) groups is 1. The first kappa shape index (κ1) is 18.2. The highest BCUT2D eigenvalue weighted by Gasteiger charge is 2.16. The van der Waals surface area contributed by atoms with Gasteiger partial charge in [0.2, 0.25) is 0 Å². The summed E-state index contributed by atoms with van der Waals surface area (Å²) in [5.41, 5.74) is 2.30. The first-order chi connectivity index (χ1) is 11.0. The normalized spacial score (nSPS) is 11.0. The maximum atomic E-state index is 12.1. The van der Waals surface area contributed by atoms with Crippen LogP contribution in [-0.2, 0) is 13.1 Å². The summed E-state index contributed by atoms with van der Waals surface area (Å²) in [5.74, 6) is -0.258. The molecule has 0 bridgehead atoms. The van der Waals surface area contributed by atoms with E-state index in [4.69, 9.17) is 23.2 Å². The van der Waals surface area contributed by atoms with Gasteiger partial charge >= 0.3 is 0 Å². The van der Waals surface area contributed by atoms with Crippen LogP contribution in [-0.4, -0.2) is 28.3 Å². The minimum absolute atomic E-state index is 0.169. The van der Waals surface area contributed by atoms with E-state index in [1.165, 1.54) is 5.56 Å². The van der Waals surface area contributed by atoms with Gasteiger partial charge in [0.15, 0.2) is 5.15 Å². The Hall–Kier alpha value is -1.14. The number of hydrogen-bond donors (Lipinski definition) is 1. The standard InChI is InChI=1S/C16H19Cl2N3OS/c1-3-21(4-2)10-12-7-5-11(6-8-12)9-19-16(22)14-13(17)15(18)20-23-14/h5-8H,3-4,9-10H2,1-2H3,(H,19,22). The van der Waals surface area contributed by atoms with E-state index in [0.717, 1.165) is 36.7 Å². The predicted molar refractivity (Wildman–Crippen MR) is 96.4 cm³/mol. The van der Waals surface area contributed by atoms with Crippen molar-refractivity contribution < 1.29 is 4.79 Å². The van der Waals surface area contributed by atoms with Gasteiger partial charge in [-0.1, -0.05) is 61.3 Å². The van der Waals surface area contributed by atoms with E-state index in [1.54, 1.807) is 0 Å². The fourth-order valence-electron chi connectivity index (χ4n) is 2.13. The molecule has 4 nitrogen and oxygen atoms in total. The van der Waals surface area contributed by atoms with E-state index < -0.39 is 0 Å². The summed E-state index contributed by atoms with van der Waals surface area (Å²) >= 11 is 12.7. The summed E-state index contributed by atoms with van der Waals surface area (Å²) in [6.07, 6.45) is 0.